The predicted octanol–water partition coefficient (Wildman–Crippen LogP) is 3.07. The van der Waals surface area contributed by atoms with Gasteiger partial charge in [-0.25, -0.2) is 0 Å². The van der Waals surface area contributed by atoms with Crippen LogP contribution < -0.4 is 0 Å². The molecule has 1 unspecified atom stereocenters. The molecule has 5 heteroatoms. The number of hydrogen-bond donors (Lipinski definition) is 1. The first kappa shape index (κ1) is 18.9. The molecule has 3 rings (SSSR count). The van der Waals surface area contributed by atoms with Crippen LogP contribution in [0.4, 0.5) is 0 Å². The lowest BCUT2D eigenvalue weighted by Gasteiger charge is -2.44. The summed E-state index contributed by atoms with van der Waals surface area (Å²) < 4.78 is 0. The minimum absolute atomic E-state index is 0.0816. The van der Waals surface area contributed by atoms with E-state index in [0.29, 0.717) is 30.6 Å². The number of rotatable bonds is 5. The first-order chi connectivity index (χ1) is 12.2. The van der Waals surface area contributed by atoms with Gasteiger partial charge in [-0.1, -0.05) is 32.8 Å². The highest BCUT2D eigenvalue weighted by atomic mass is 16.3. The maximum atomic E-state index is 12.9. The lowest BCUT2D eigenvalue weighted by Crippen LogP contribution is -2.53. The molecule has 1 aliphatic heterocycles. The third-order valence-electron chi connectivity index (χ3n) is 6.55. The van der Waals surface area contributed by atoms with Crippen LogP contribution in [-0.2, 0) is 6.54 Å². The zero-order valence-electron chi connectivity index (χ0n) is 16.3. The number of benzene rings is 1. The zero-order valence-corrected chi connectivity index (χ0v) is 16.3. The lowest BCUT2D eigenvalue weighted by atomic mass is 9.70. The third kappa shape index (κ3) is 2.92. The third-order valence-corrected chi connectivity index (χ3v) is 6.55. The summed E-state index contributed by atoms with van der Waals surface area (Å²) in [5.74, 6) is -0.174. The maximum Gasteiger partial charge on any atom is 0.254 e. The van der Waals surface area contributed by atoms with E-state index in [1.54, 1.807) is 37.2 Å². The zero-order chi connectivity index (χ0) is 19.1. The molecule has 2 aliphatic rings. The fourth-order valence-corrected chi connectivity index (χ4v) is 4.63. The molecular formula is C21H30N2O3. The predicted molar refractivity (Wildman–Crippen MR) is 101 cm³/mol. The molecule has 1 aromatic rings. The van der Waals surface area contributed by atoms with Gasteiger partial charge in [-0.15, -0.1) is 0 Å². The fourth-order valence-electron chi connectivity index (χ4n) is 4.63. The Morgan fingerprint density at radius 3 is 2.54 bits per heavy atom. The Kier molecular flexibility index (Phi) is 4.86. The van der Waals surface area contributed by atoms with Crippen molar-refractivity contribution in [3.05, 3.63) is 34.9 Å². The number of amides is 2. The quantitative estimate of drug-likeness (QED) is 0.880. The molecule has 1 atom stereocenters. The van der Waals surface area contributed by atoms with Crippen molar-refractivity contribution in [2.75, 3.05) is 20.6 Å². The van der Waals surface area contributed by atoms with Crippen molar-refractivity contribution in [3.63, 3.8) is 0 Å². The monoisotopic (exact) mass is 358 g/mol. The summed E-state index contributed by atoms with van der Waals surface area (Å²) in [6.45, 7) is 4.86. The van der Waals surface area contributed by atoms with Crippen LogP contribution in [0.2, 0.25) is 0 Å². The summed E-state index contributed by atoms with van der Waals surface area (Å²) in [6.07, 6.45) is 4.88. The minimum atomic E-state index is -0.896. The van der Waals surface area contributed by atoms with Gasteiger partial charge < -0.3 is 14.9 Å². The Labute approximate surface area is 156 Å². The molecule has 0 radical (unpaired) electrons. The highest BCUT2D eigenvalue weighted by molar-refractivity contribution is 6.04. The summed E-state index contributed by atoms with van der Waals surface area (Å²) in [5.41, 5.74) is 0.904. The molecule has 0 saturated heterocycles. The summed E-state index contributed by atoms with van der Waals surface area (Å²) in [7, 11) is 3.43. The van der Waals surface area contributed by atoms with E-state index in [2.05, 4.69) is 6.92 Å². The van der Waals surface area contributed by atoms with E-state index in [1.807, 2.05) is 6.92 Å². The van der Waals surface area contributed by atoms with Gasteiger partial charge in [-0.2, -0.15) is 0 Å². The van der Waals surface area contributed by atoms with Gasteiger partial charge in [0.1, 0.15) is 0 Å². The van der Waals surface area contributed by atoms with Crippen LogP contribution in [0.1, 0.15) is 72.2 Å². The second-order valence-corrected chi connectivity index (χ2v) is 8.35. The van der Waals surface area contributed by atoms with Crippen molar-refractivity contribution >= 4 is 11.8 Å². The van der Waals surface area contributed by atoms with Crippen LogP contribution in [0.3, 0.4) is 0 Å². The molecule has 2 amide bonds. The number of aliphatic hydroxyl groups is 1. The van der Waals surface area contributed by atoms with Crippen LogP contribution in [0.5, 0.6) is 0 Å². The van der Waals surface area contributed by atoms with Crippen molar-refractivity contribution in [3.8, 4) is 0 Å². The Balaban J connectivity index is 1.88. The number of fused-ring (bicyclic) bond motifs is 1. The molecule has 1 heterocycles. The molecule has 1 fully saturated rings. The summed E-state index contributed by atoms with van der Waals surface area (Å²) in [4.78, 5) is 28.7. The van der Waals surface area contributed by atoms with Crippen LogP contribution >= 0.6 is 0 Å². The fraction of sp³-hybridized carbons (Fsp3) is 0.619. The van der Waals surface area contributed by atoms with E-state index in [0.717, 1.165) is 31.2 Å². The van der Waals surface area contributed by atoms with E-state index in [1.165, 1.54) is 4.90 Å². The normalized spacial score (nSPS) is 20.8. The van der Waals surface area contributed by atoms with Gasteiger partial charge in [0.25, 0.3) is 11.8 Å². The molecule has 0 aromatic heterocycles. The average molecular weight is 358 g/mol. The van der Waals surface area contributed by atoms with Crippen LogP contribution in [0, 0.1) is 5.41 Å². The molecular weight excluding hydrogens is 328 g/mol. The Morgan fingerprint density at radius 2 is 1.96 bits per heavy atom. The van der Waals surface area contributed by atoms with Crippen molar-refractivity contribution in [1.82, 2.24) is 9.80 Å². The summed E-state index contributed by atoms with van der Waals surface area (Å²) in [6, 6.07) is 5.33. The Bertz CT molecular complexity index is 722. The first-order valence-corrected chi connectivity index (χ1v) is 9.57. The Morgan fingerprint density at radius 1 is 1.31 bits per heavy atom. The van der Waals surface area contributed by atoms with E-state index in [4.69, 9.17) is 0 Å². The summed E-state index contributed by atoms with van der Waals surface area (Å²) in [5, 5.41) is 11.4. The smallest absolute Gasteiger partial charge is 0.254 e. The number of carbonyl (C=O) groups is 2. The van der Waals surface area contributed by atoms with Crippen molar-refractivity contribution < 1.29 is 14.7 Å². The van der Waals surface area contributed by atoms with Gasteiger partial charge in [0.05, 0.1) is 12.1 Å². The van der Waals surface area contributed by atoms with E-state index in [-0.39, 0.29) is 17.2 Å². The molecule has 0 bridgehead atoms. The highest BCUT2D eigenvalue weighted by Gasteiger charge is 2.49. The first-order valence-electron chi connectivity index (χ1n) is 9.57. The molecule has 1 N–H and O–H groups in total. The Hall–Kier alpha value is -1.88. The van der Waals surface area contributed by atoms with E-state index in [9.17, 15) is 14.7 Å². The maximum absolute atomic E-state index is 12.9. The van der Waals surface area contributed by atoms with Crippen LogP contribution in [0.15, 0.2) is 18.2 Å². The SMILES string of the molecule is CCC(O)(CN1Cc2c(C(=O)N(C)C)cccc2C1=O)C1(C)CCCC1. The van der Waals surface area contributed by atoms with E-state index >= 15 is 0 Å². The molecule has 1 saturated carbocycles. The molecule has 5 nitrogen and oxygen atoms in total. The van der Waals surface area contributed by atoms with Gasteiger partial charge >= 0.3 is 0 Å². The van der Waals surface area contributed by atoms with Crippen LogP contribution in [-0.4, -0.2) is 53.0 Å². The van der Waals surface area contributed by atoms with Crippen molar-refractivity contribution in [1.29, 1.82) is 0 Å². The molecule has 26 heavy (non-hydrogen) atoms. The van der Waals surface area contributed by atoms with Gasteiger partial charge in [-0.3, -0.25) is 9.59 Å². The number of hydrogen-bond acceptors (Lipinski definition) is 3. The number of nitrogens with zero attached hydrogens (tertiary/aromatic N) is 2. The van der Waals surface area contributed by atoms with Gasteiger partial charge in [-0.05, 0) is 42.4 Å². The topological polar surface area (TPSA) is 60.9 Å². The van der Waals surface area contributed by atoms with Crippen LogP contribution in [0.25, 0.3) is 0 Å². The molecule has 0 spiro atoms. The number of carbonyl (C=O) groups excluding carboxylic acids is 2. The molecule has 1 aliphatic carbocycles. The number of β-amino-alcohol motifs (C(OH)–C–C–N with tert-alkyl or cyclic N) is 1. The second-order valence-electron chi connectivity index (χ2n) is 8.35. The molecule has 142 valence electrons. The minimum Gasteiger partial charge on any atom is -0.387 e. The lowest BCUT2D eigenvalue weighted by molar-refractivity contribution is -0.0915. The van der Waals surface area contributed by atoms with Gasteiger partial charge in [0.15, 0.2) is 0 Å². The average Bonchev–Trinajstić information content (AvgIpc) is 3.19. The van der Waals surface area contributed by atoms with Crippen molar-refractivity contribution in [2.24, 2.45) is 5.41 Å². The molecule has 1 aromatic carbocycles. The summed E-state index contributed by atoms with van der Waals surface area (Å²) >= 11 is 0. The highest BCUT2D eigenvalue weighted by Crippen LogP contribution is 2.48. The second kappa shape index (κ2) is 6.69. The van der Waals surface area contributed by atoms with Gasteiger partial charge in [0, 0.05) is 31.8 Å². The largest absolute Gasteiger partial charge is 0.387 e. The van der Waals surface area contributed by atoms with Gasteiger partial charge in [0.2, 0.25) is 0 Å². The van der Waals surface area contributed by atoms with Crippen molar-refractivity contribution in [2.45, 2.75) is 58.1 Å². The van der Waals surface area contributed by atoms with E-state index < -0.39 is 5.60 Å². The standard InChI is InChI=1S/C21H30N2O3/c1-5-21(26,20(2)11-6-7-12-20)14-23-13-17-15(18(24)22(3)4)9-8-10-16(17)19(23)25/h8-10,26H,5-7,11-14H2,1-4H3.